The average molecular weight is 462 g/mol. The number of aliphatic hydroxyl groups excluding tert-OH is 3. The summed E-state index contributed by atoms with van der Waals surface area (Å²) in [7, 11) is 0. The zero-order valence-electron chi connectivity index (χ0n) is 16.9. The van der Waals surface area contributed by atoms with E-state index in [1.165, 1.54) is 17.0 Å². The van der Waals surface area contributed by atoms with Crippen LogP contribution >= 0.6 is 11.6 Å². The van der Waals surface area contributed by atoms with Crippen LogP contribution < -0.4 is 4.90 Å². The molecule has 0 saturated carbocycles. The van der Waals surface area contributed by atoms with Crippen molar-refractivity contribution >= 4 is 28.6 Å². The summed E-state index contributed by atoms with van der Waals surface area (Å²) in [5, 5.41) is 29.9. The van der Waals surface area contributed by atoms with Gasteiger partial charge in [0.25, 0.3) is 0 Å². The molecule has 0 radical (unpaired) electrons. The number of rotatable bonds is 3. The van der Waals surface area contributed by atoms with E-state index in [-0.39, 0.29) is 16.5 Å². The number of fused-ring (bicyclic) bond motifs is 2. The largest absolute Gasteiger partial charge is 0.394 e. The highest BCUT2D eigenvalue weighted by Crippen LogP contribution is 2.47. The average Bonchev–Trinajstić information content (AvgIpc) is 3.42. The standard InChI is InChI=1S/C21H21ClFN5O4/c22-20-25-17(27-7-21(8-27)4-10-2-1-3-12(23)11(10)5-21)14-18(26-20)28(9-24-14)19-16(31)15(30)13(6-29)32-19/h1-3,9,13,15-16,19,29-31H,4-8H2/t13-,15+,16?,19-/m1/s1. The Bertz CT molecular complexity index is 1220. The van der Waals surface area contributed by atoms with Gasteiger partial charge in [0.1, 0.15) is 24.1 Å². The van der Waals surface area contributed by atoms with Gasteiger partial charge < -0.3 is 25.0 Å². The molecule has 2 aromatic heterocycles. The highest BCUT2D eigenvalue weighted by molar-refractivity contribution is 6.28. The lowest BCUT2D eigenvalue weighted by Gasteiger charge is -2.49. The van der Waals surface area contributed by atoms with E-state index in [2.05, 4.69) is 15.0 Å². The predicted octanol–water partition coefficient (Wildman–Crippen LogP) is 0.835. The van der Waals surface area contributed by atoms with Crippen LogP contribution in [0, 0.1) is 11.2 Å². The molecule has 2 saturated heterocycles. The van der Waals surface area contributed by atoms with Crippen molar-refractivity contribution in [2.24, 2.45) is 5.41 Å². The third-order valence-corrected chi connectivity index (χ3v) is 7.02. The molecule has 32 heavy (non-hydrogen) atoms. The summed E-state index contributed by atoms with van der Waals surface area (Å²) >= 11 is 6.22. The Morgan fingerprint density at radius 2 is 2.00 bits per heavy atom. The van der Waals surface area contributed by atoms with Crippen molar-refractivity contribution < 1.29 is 24.4 Å². The number of nitrogens with zero attached hydrogens (tertiary/aromatic N) is 5. The summed E-state index contributed by atoms with van der Waals surface area (Å²) in [6.07, 6.45) is -1.43. The Hall–Kier alpha value is -2.37. The second kappa shape index (κ2) is 7.06. The molecule has 1 aliphatic carbocycles. The molecule has 1 aromatic carbocycles. The molecule has 168 valence electrons. The Morgan fingerprint density at radius 3 is 2.72 bits per heavy atom. The highest BCUT2D eigenvalue weighted by Gasteiger charge is 2.49. The Labute approximate surface area is 187 Å². The quantitative estimate of drug-likeness (QED) is 0.491. The van der Waals surface area contributed by atoms with Crippen molar-refractivity contribution in [1.82, 2.24) is 19.5 Å². The Kier molecular flexibility index (Phi) is 4.47. The van der Waals surface area contributed by atoms with E-state index < -0.39 is 31.1 Å². The molecule has 1 unspecified atom stereocenters. The van der Waals surface area contributed by atoms with Crippen LogP contribution in [-0.2, 0) is 17.6 Å². The third-order valence-electron chi connectivity index (χ3n) is 6.85. The van der Waals surface area contributed by atoms with E-state index in [0.29, 0.717) is 36.5 Å². The summed E-state index contributed by atoms with van der Waals surface area (Å²) in [6.45, 7) is 0.940. The maximum absolute atomic E-state index is 14.2. The van der Waals surface area contributed by atoms with Gasteiger partial charge in [-0.15, -0.1) is 0 Å². The van der Waals surface area contributed by atoms with Crippen LogP contribution in [0.4, 0.5) is 10.2 Å². The molecule has 0 amide bonds. The SMILES string of the molecule is OC[C@H]1O[C@@H](n2cnc3c(N4CC5(Cc6cccc(F)c6C5)C4)nc(Cl)nc32)C(O)[C@H]1O. The molecule has 6 rings (SSSR count). The molecule has 3 N–H and O–H groups in total. The van der Waals surface area contributed by atoms with E-state index in [1.807, 2.05) is 11.0 Å². The fourth-order valence-corrected chi connectivity index (χ4v) is 5.50. The molecule has 9 nitrogen and oxygen atoms in total. The fourth-order valence-electron chi connectivity index (χ4n) is 5.34. The second-order valence-corrected chi connectivity index (χ2v) is 9.29. The van der Waals surface area contributed by atoms with Crippen LogP contribution in [0.5, 0.6) is 0 Å². The number of benzene rings is 1. The van der Waals surface area contributed by atoms with Crippen molar-refractivity contribution in [1.29, 1.82) is 0 Å². The van der Waals surface area contributed by atoms with Crippen LogP contribution in [0.3, 0.4) is 0 Å². The molecular formula is C21H21ClFN5O4. The molecular weight excluding hydrogens is 441 g/mol. The monoisotopic (exact) mass is 461 g/mol. The summed E-state index contributed by atoms with van der Waals surface area (Å²) in [5.41, 5.74) is 2.66. The van der Waals surface area contributed by atoms with Gasteiger partial charge in [0, 0.05) is 18.5 Å². The first-order valence-electron chi connectivity index (χ1n) is 10.4. The van der Waals surface area contributed by atoms with Crippen molar-refractivity contribution in [3.05, 3.63) is 46.8 Å². The lowest BCUT2D eigenvalue weighted by molar-refractivity contribution is -0.0511. The maximum atomic E-state index is 14.2. The lowest BCUT2D eigenvalue weighted by Crippen LogP contribution is -2.57. The maximum Gasteiger partial charge on any atom is 0.226 e. The molecule has 2 fully saturated rings. The molecule has 4 atom stereocenters. The molecule has 1 spiro atoms. The first-order chi connectivity index (χ1) is 15.4. The number of anilines is 1. The first-order valence-corrected chi connectivity index (χ1v) is 10.8. The molecule has 4 heterocycles. The normalized spacial score (nSPS) is 28.5. The smallest absolute Gasteiger partial charge is 0.226 e. The van der Waals surface area contributed by atoms with Gasteiger partial charge in [-0.25, -0.2) is 9.37 Å². The minimum Gasteiger partial charge on any atom is -0.394 e. The van der Waals surface area contributed by atoms with E-state index in [1.54, 1.807) is 6.07 Å². The minimum absolute atomic E-state index is 0.0164. The van der Waals surface area contributed by atoms with Gasteiger partial charge in [-0.05, 0) is 41.6 Å². The van der Waals surface area contributed by atoms with Crippen LogP contribution in [0.2, 0.25) is 5.28 Å². The van der Waals surface area contributed by atoms with Gasteiger partial charge in [-0.2, -0.15) is 9.97 Å². The van der Waals surface area contributed by atoms with Crippen LogP contribution in [-0.4, -0.2) is 72.8 Å². The predicted molar refractivity (Wildman–Crippen MR) is 112 cm³/mol. The van der Waals surface area contributed by atoms with Crippen LogP contribution in [0.1, 0.15) is 17.4 Å². The van der Waals surface area contributed by atoms with E-state index in [4.69, 9.17) is 16.3 Å². The zero-order valence-corrected chi connectivity index (χ0v) is 17.7. The molecule has 0 bridgehead atoms. The van der Waals surface area contributed by atoms with Gasteiger partial charge in [-0.3, -0.25) is 4.57 Å². The van der Waals surface area contributed by atoms with Gasteiger partial charge in [0.15, 0.2) is 23.2 Å². The molecule has 3 aromatic rings. The number of aliphatic hydroxyl groups is 3. The molecule has 3 aliphatic rings. The van der Waals surface area contributed by atoms with Gasteiger partial charge in [-0.1, -0.05) is 12.1 Å². The van der Waals surface area contributed by atoms with Crippen LogP contribution in [0.25, 0.3) is 11.2 Å². The number of halogens is 2. The second-order valence-electron chi connectivity index (χ2n) is 8.96. The van der Waals surface area contributed by atoms with E-state index >= 15 is 0 Å². The van der Waals surface area contributed by atoms with E-state index in [0.717, 1.165) is 17.5 Å². The van der Waals surface area contributed by atoms with Crippen molar-refractivity contribution in [3.8, 4) is 0 Å². The fraction of sp³-hybridized carbons (Fsp3) is 0.476. The van der Waals surface area contributed by atoms with E-state index in [9.17, 15) is 19.7 Å². The van der Waals surface area contributed by atoms with Gasteiger partial charge in [0.2, 0.25) is 5.28 Å². The highest BCUT2D eigenvalue weighted by atomic mass is 35.5. The summed E-state index contributed by atoms with van der Waals surface area (Å²) in [5.74, 6) is 0.412. The Balaban J connectivity index is 1.30. The van der Waals surface area contributed by atoms with Gasteiger partial charge in [0.05, 0.1) is 12.9 Å². The van der Waals surface area contributed by atoms with Crippen molar-refractivity contribution in [3.63, 3.8) is 0 Å². The van der Waals surface area contributed by atoms with Gasteiger partial charge >= 0.3 is 0 Å². The summed E-state index contributed by atoms with van der Waals surface area (Å²) in [4.78, 5) is 15.1. The molecule has 2 aliphatic heterocycles. The topological polar surface area (TPSA) is 117 Å². The third kappa shape index (κ3) is 2.87. The minimum atomic E-state index is -1.26. The summed E-state index contributed by atoms with van der Waals surface area (Å²) in [6, 6.07) is 5.24. The summed E-state index contributed by atoms with van der Waals surface area (Å²) < 4.78 is 21.3. The van der Waals surface area contributed by atoms with Crippen molar-refractivity contribution in [2.45, 2.75) is 37.4 Å². The number of aromatic nitrogens is 4. The zero-order chi connectivity index (χ0) is 22.2. The first kappa shape index (κ1) is 20.3. The number of imidazole rings is 1. The van der Waals surface area contributed by atoms with Crippen LogP contribution in [0.15, 0.2) is 24.5 Å². The number of ether oxygens (including phenoxy) is 1. The Morgan fingerprint density at radius 1 is 1.19 bits per heavy atom. The van der Waals surface area contributed by atoms with Crippen molar-refractivity contribution in [2.75, 3.05) is 24.6 Å². The number of hydrogen-bond donors (Lipinski definition) is 3. The number of hydrogen-bond acceptors (Lipinski definition) is 8. The lowest BCUT2D eigenvalue weighted by atomic mass is 9.77. The molecule has 11 heteroatoms.